The second kappa shape index (κ2) is 9.39. The van der Waals surface area contributed by atoms with Crippen molar-refractivity contribution in [2.45, 2.75) is 82.7 Å². The normalized spacial score (nSPS) is 22.7. The molecular formula is C27H37FN2O2Si. The first-order chi connectivity index (χ1) is 15.6. The van der Waals surface area contributed by atoms with Crippen molar-refractivity contribution in [1.82, 2.24) is 9.88 Å². The molecule has 1 fully saturated rings. The standard InChI is InChI=1S/C27H37FN2O2Si/c1-27(2,3)33(4,5)32-24-17-21-9-7-6-8-20(21)16-23(24)30-14-12-19(13-15-30)26-22(18-31)10-11-25(28)29-26/h6-11,18-19,23-24H,12-17H2,1-5H3. The molecular weight excluding hydrogens is 431 g/mol. The molecule has 178 valence electrons. The van der Waals surface area contributed by atoms with Gasteiger partial charge in [0.05, 0.1) is 11.8 Å². The Morgan fingerprint density at radius 2 is 1.70 bits per heavy atom. The van der Waals surface area contributed by atoms with Crippen LogP contribution >= 0.6 is 0 Å². The zero-order valence-corrected chi connectivity index (χ0v) is 21.6. The summed E-state index contributed by atoms with van der Waals surface area (Å²) in [5, 5.41) is 0.162. The Hall–Kier alpha value is -1.89. The topological polar surface area (TPSA) is 42.4 Å². The Morgan fingerprint density at radius 3 is 2.30 bits per heavy atom. The van der Waals surface area contributed by atoms with Gasteiger partial charge in [0, 0.05) is 17.5 Å². The van der Waals surface area contributed by atoms with Gasteiger partial charge >= 0.3 is 0 Å². The van der Waals surface area contributed by atoms with Crippen molar-refractivity contribution >= 4 is 14.6 Å². The number of carbonyl (C=O) groups excluding carboxylic acids is 1. The molecule has 2 unspecified atom stereocenters. The van der Waals surface area contributed by atoms with E-state index in [-0.39, 0.29) is 17.1 Å². The minimum Gasteiger partial charge on any atom is -0.412 e. The third-order valence-electron chi connectivity index (χ3n) is 8.09. The number of nitrogens with zero attached hydrogens (tertiary/aromatic N) is 2. The van der Waals surface area contributed by atoms with Gasteiger partial charge in [-0.25, -0.2) is 4.98 Å². The first-order valence-corrected chi connectivity index (χ1v) is 15.1. The zero-order valence-electron chi connectivity index (χ0n) is 20.6. The van der Waals surface area contributed by atoms with Gasteiger partial charge in [-0.2, -0.15) is 4.39 Å². The summed E-state index contributed by atoms with van der Waals surface area (Å²) in [5.74, 6) is -0.391. The van der Waals surface area contributed by atoms with Gasteiger partial charge in [-0.3, -0.25) is 9.69 Å². The molecule has 1 aromatic carbocycles. The lowest BCUT2D eigenvalue weighted by Gasteiger charge is -2.48. The maximum absolute atomic E-state index is 13.8. The number of rotatable bonds is 5. The van der Waals surface area contributed by atoms with E-state index >= 15 is 0 Å². The lowest BCUT2D eigenvalue weighted by atomic mass is 9.83. The Bertz CT molecular complexity index is 996. The highest BCUT2D eigenvalue weighted by molar-refractivity contribution is 6.74. The number of aromatic nitrogens is 1. The predicted molar refractivity (Wildman–Crippen MR) is 133 cm³/mol. The highest BCUT2D eigenvalue weighted by Gasteiger charge is 2.43. The van der Waals surface area contributed by atoms with E-state index in [1.807, 2.05) is 0 Å². The minimum atomic E-state index is -1.92. The van der Waals surface area contributed by atoms with Crippen molar-refractivity contribution in [3.63, 3.8) is 0 Å². The van der Waals surface area contributed by atoms with E-state index < -0.39 is 14.3 Å². The summed E-state index contributed by atoms with van der Waals surface area (Å²) >= 11 is 0. The molecule has 33 heavy (non-hydrogen) atoms. The van der Waals surface area contributed by atoms with Crippen LogP contribution in [0.15, 0.2) is 36.4 Å². The molecule has 4 nitrogen and oxygen atoms in total. The fraction of sp³-hybridized carbons (Fsp3) is 0.556. The van der Waals surface area contributed by atoms with Crippen molar-refractivity contribution in [2.75, 3.05) is 13.1 Å². The fourth-order valence-electron chi connectivity index (χ4n) is 5.10. The summed E-state index contributed by atoms with van der Waals surface area (Å²) in [6.45, 7) is 13.4. The lowest BCUT2D eigenvalue weighted by molar-refractivity contribution is 0.0359. The van der Waals surface area contributed by atoms with Gasteiger partial charge in [0.25, 0.3) is 0 Å². The third-order valence-corrected chi connectivity index (χ3v) is 12.6. The molecule has 2 aliphatic rings. The molecule has 0 N–H and O–H groups in total. The van der Waals surface area contributed by atoms with E-state index in [4.69, 9.17) is 4.43 Å². The average molecular weight is 469 g/mol. The Kier molecular flexibility index (Phi) is 6.90. The largest absolute Gasteiger partial charge is 0.412 e. The molecule has 2 heterocycles. The molecule has 2 atom stereocenters. The second-order valence-corrected chi connectivity index (χ2v) is 16.0. The van der Waals surface area contributed by atoms with E-state index in [9.17, 15) is 9.18 Å². The van der Waals surface area contributed by atoms with Gasteiger partial charge in [0.15, 0.2) is 14.6 Å². The van der Waals surface area contributed by atoms with Crippen LogP contribution in [0.2, 0.25) is 18.1 Å². The number of pyridine rings is 1. The quantitative estimate of drug-likeness (QED) is 0.317. The van der Waals surface area contributed by atoms with Crippen LogP contribution < -0.4 is 0 Å². The summed E-state index contributed by atoms with van der Waals surface area (Å²) in [7, 11) is -1.92. The zero-order chi connectivity index (χ0) is 23.8. The van der Waals surface area contributed by atoms with Gasteiger partial charge in [0.1, 0.15) is 0 Å². The predicted octanol–water partition coefficient (Wildman–Crippen LogP) is 5.77. The number of piperidine rings is 1. The summed E-state index contributed by atoms with van der Waals surface area (Å²) in [6, 6.07) is 11.9. The SMILES string of the molecule is CC(C)(C)[Si](C)(C)OC1Cc2ccccc2CC1N1CCC(c2nc(F)ccc2C=O)CC1. The van der Waals surface area contributed by atoms with Gasteiger partial charge in [-0.05, 0) is 80.2 Å². The monoisotopic (exact) mass is 468 g/mol. The number of halogens is 1. The van der Waals surface area contributed by atoms with Gasteiger partial charge in [-0.1, -0.05) is 45.0 Å². The van der Waals surface area contributed by atoms with Crippen LogP contribution in [-0.2, 0) is 17.3 Å². The summed E-state index contributed by atoms with van der Waals surface area (Å²) in [5.41, 5.74) is 3.97. The third kappa shape index (κ3) is 5.13. The number of hydrogen-bond acceptors (Lipinski definition) is 4. The van der Waals surface area contributed by atoms with E-state index in [0.29, 0.717) is 17.3 Å². The molecule has 0 saturated carbocycles. The van der Waals surface area contributed by atoms with Gasteiger partial charge < -0.3 is 4.43 Å². The lowest BCUT2D eigenvalue weighted by Crippen LogP contribution is -2.56. The number of fused-ring (bicyclic) bond motifs is 1. The molecule has 1 saturated heterocycles. The maximum atomic E-state index is 13.8. The summed E-state index contributed by atoms with van der Waals surface area (Å²) in [4.78, 5) is 18.1. The molecule has 0 radical (unpaired) electrons. The van der Waals surface area contributed by atoms with Crippen LogP contribution in [0.5, 0.6) is 0 Å². The fourth-order valence-corrected chi connectivity index (χ4v) is 6.45. The van der Waals surface area contributed by atoms with Crippen LogP contribution in [0, 0.1) is 5.95 Å². The number of carbonyl (C=O) groups is 1. The molecule has 6 heteroatoms. The van der Waals surface area contributed by atoms with Crippen LogP contribution in [-0.4, -0.2) is 49.7 Å². The first kappa shape index (κ1) is 24.2. The van der Waals surface area contributed by atoms with Crippen molar-refractivity contribution in [3.05, 3.63) is 64.7 Å². The van der Waals surface area contributed by atoms with Crippen molar-refractivity contribution < 1.29 is 13.6 Å². The Balaban J connectivity index is 1.54. The number of hydrogen-bond donors (Lipinski definition) is 0. The van der Waals surface area contributed by atoms with Gasteiger partial charge in [0.2, 0.25) is 5.95 Å². The smallest absolute Gasteiger partial charge is 0.213 e. The van der Waals surface area contributed by atoms with Crippen LogP contribution in [0.1, 0.15) is 66.7 Å². The van der Waals surface area contributed by atoms with E-state index in [1.54, 1.807) is 6.07 Å². The minimum absolute atomic E-state index is 0.118. The number of likely N-dealkylation sites (tertiary alicyclic amines) is 1. The molecule has 2 aromatic rings. The van der Waals surface area contributed by atoms with Crippen LogP contribution in [0.25, 0.3) is 0 Å². The van der Waals surface area contributed by atoms with Crippen molar-refractivity contribution in [1.29, 1.82) is 0 Å². The Morgan fingerprint density at radius 1 is 1.06 bits per heavy atom. The number of benzene rings is 1. The van der Waals surface area contributed by atoms with Crippen LogP contribution in [0.3, 0.4) is 0 Å². The van der Waals surface area contributed by atoms with Crippen molar-refractivity contribution in [3.8, 4) is 0 Å². The Labute approximate surface area is 198 Å². The summed E-state index contributed by atoms with van der Waals surface area (Å²) in [6.07, 6.45) is 4.68. The van der Waals surface area contributed by atoms with Crippen LogP contribution in [0.4, 0.5) is 4.39 Å². The van der Waals surface area contributed by atoms with E-state index in [0.717, 1.165) is 45.1 Å². The maximum Gasteiger partial charge on any atom is 0.213 e. The highest BCUT2D eigenvalue weighted by Crippen LogP contribution is 2.40. The van der Waals surface area contributed by atoms with Gasteiger partial charge in [-0.15, -0.1) is 0 Å². The van der Waals surface area contributed by atoms with E-state index in [1.165, 1.54) is 17.2 Å². The molecule has 0 bridgehead atoms. The number of aldehydes is 1. The first-order valence-electron chi connectivity index (χ1n) is 12.2. The molecule has 1 aliphatic heterocycles. The van der Waals surface area contributed by atoms with Crippen molar-refractivity contribution in [2.24, 2.45) is 0 Å². The molecule has 4 rings (SSSR count). The molecule has 0 amide bonds. The second-order valence-electron chi connectivity index (χ2n) is 11.2. The molecule has 1 aliphatic carbocycles. The average Bonchev–Trinajstić information content (AvgIpc) is 2.78. The molecule has 0 spiro atoms. The van der Waals surface area contributed by atoms with E-state index in [2.05, 4.69) is 68.0 Å². The molecule has 1 aromatic heterocycles. The summed E-state index contributed by atoms with van der Waals surface area (Å²) < 4.78 is 20.8. The highest BCUT2D eigenvalue weighted by atomic mass is 28.4.